The van der Waals surface area contributed by atoms with E-state index in [2.05, 4.69) is 21.0 Å². The van der Waals surface area contributed by atoms with E-state index in [9.17, 15) is 13.2 Å². The summed E-state index contributed by atoms with van der Waals surface area (Å²) in [5.74, 6) is -0.0504. The first-order valence-electron chi connectivity index (χ1n) is 5.48. The van der Waals surface area contributed by atoms with Crippen LogP contribution in [0.3, 0.4) is 0 Å². The summed E-state index contributed by atoms with van der Waals surface area (Å²) in [6.07, 6.45) is -4.50. The van der Waals surface area contributed by atoms with Gasteiger partial charge in [0.1, 0.15) is 0 Å². The third-order valence-corrected chi connectivity index (χ3v) is 3.02. The summed E-state index contributed by atoms with van der Waals surface area (Å²) in [7, 11) is 0. The standard InChI is InChI=1S/C12H10BrF3N2O/c1-2-19-11-7-10(12(14,15)16)18(17-11)9-6-4-3-5-8(9)13/h3-7H,2H2,1H3. The highest BCUT2D eigenvalue weighted by Crippen LogP contribution is 2.34. The van der Waals surface area contributed by atoms with Crippen molar-refractivity contribution in [3.8, 4) is 11.6 Å². The molecule has 0 fully saturated rings. The molecule has 0 amide bonds. The summed E-state index contributed by atoms with van der Waals surface area (Å²) in [4.78, 5) is 0. The summed E-state index contributed by atoms with van der Waals surface area (Å²) >= 11 is 3.21. The van der Waals surface area contributed by atoms with Gasteiger partial charge in [-0.15, -0.1) is 5.10 Å². The number of hydrogen-bond acceptors (Lipinski definition) is 2. The van der Waals surface area contributed by atoms with Crippen LogP contribution in [-0.2, 0) is 6.18 Å². The summed E-state index contributed by atoms with van der Waals surface area (Å²) in [6.45, 7) is 1.94. The molecule has 0 aliphatic carbocycles. The SMILES string of the molecule is CCOc1cc(C(F)(F)F)n(-c2ccccc2Br)n1. The minimum Gasteiger partial charge on any atom is -0.477 e. The summed E-state index contributed by atoms with van der Waals surface area (Å²) in [6, 6.07) is 7.44. The third kappa shape index (κ3) is 2.91. The fraction of sp³-hybridized carbons (Fsp3) is 0.250. The van der Waals surface area contributed by atoms with Crippen molar-refractivity contribution in [2.45, 2.75) is 13.1 Å². The molecule has 0 unspecified atom stereocenters. The second kappa shape index (κ2) is 5.24. The van der Waals surface area contributed by atoms with E-state index in [1.54, 1.807) is 31.2 Å². The van der Waals surface area contributed by atoms with Gasteiger partial charge in [0.05, 0.1) is 12.3 Å². The van der Waals surface area contributed by atoms with Gasteiger partial charge in [0.15, 0.2) is 5.69 Å². The van der Waals surface area contributed by atoms with Crippen LogP contribution in [0.2, 0.25) is 0 Å². The lowest BCUT2D eigenvalue weighted by Gasteiger charge is -2.10. The number of ether oxygens (including phenoxy) is 1. The van der Waals surface area contributed by atoms with Gasteiger partial charge in [0, 0.05) is 10.5 Å². The molecule has 0 spiro atoms. The van der Waals surface area contributed by atoms with Gasteiger partial charge < -0.3 is 4.74 Å². The Morgan fingerprint density at radius 3 is 2.58 bits per heavy atom. The van der Waals surface area contributed by atoms with Crippen LogP contribution in [-0.4, -0.2) is 16.4 Å². The number of halogens is 4. The predicted molar refractivity (Wildman–Crippen MR) is 67.4 cm³/mol. The normalized spacial score (nSPS) is 11.6. The second-order valence-electron chi connectivity index (χ2n) is 3.66. The van der Waals surface area contributed by atoms with Crippen LogP contribution in [0.1, 0.15) is 12.6 Å². The molecule has 0 N–H and O–H groups in total. The molecular formula is C12H10BrF3N2O. The van der Waals surface area contributed by atoms with Crippen molar-refractivity contribution in [3.63, 3.8) is 0 Å². The average Bonchev–Trinajstić information content (AvgIpc) is 2.74. The molecule has 0 radical (unpaired) electrons. The van der Waals surface area contributed by atoms with E-state index in [4.69, 9.17) is 4.74 Å². The number of para-hydroxylation sites is 1. The fourth-order valence-electron chi connectivity index (χ4n) is 1.59. The van der Waals surface area contributed by atoms with Crippen LogP contribution in [0.15, 0.2) is 34.8 Å². The summed E-state index contributed by atoms with van der Waals surface area (Å²) in [5, 5.41) is 3.84. The van der Waals surface area contributed by atoms with Crippen LogP contribution in [0.5, 0.6) is 5.88 Å². The highest BCUT2D eigenvalue weighted by atomic mass is 79.9. The lowest BCUT2D eigenvalue weighted by Crippen LogP contribution is -2.13. The summed E-state index contributed by atoms with van der Waals surface area (Å²) in [5.41, 5.74) is -0.566. The van der Waals surface area contributed by atoms with Gasteiger partial charge in [-0.1, -0.05) is 12.1 Å². The predicted octanol–water partition coefficient (Wildman–Crippen LogP) is 4.05. The van der Waals surface area contributed by atoms with E-state index in [1.807, 2.05) is 0 Å². The summed E-state index contributed by atoms with van der Waals surface area (Å²) < 4.78 is 45.3. The van der Waals surface area contributed by atoms with Crippen molar-refractivity contribution in [3.05, 3.63) is 40.5 Å². The zero-order valence-corrected chi connectivity index (χ0v) is 11.5. The molecule has 0 saturated carbocycles. The van der Waals surface area contributed by atoms with Gasteiger partial charge in [-0.2, -0.15) is 13.2 Å². The van der Waals surface area contributed by atoms with Crippen LogP contribution < -0.4 is 4.74 Å². The van der Waals surface area contributed by atoms with E-state index in [1.165, 1.54) is 0 Å². The van der Waals surface area contributed by atoms with Crippen molar-refractivity contribution in [1.29, 1.82) is 0 Å². The Kier molecular flexibility index (Phi) is 3.84. The Balaban J connectivity index is 2.58. The molecule has 3 nitrogen and oxygen atoms in total. The van der Waals surface area contributed by atoms with Crippen LogP contribution in [0.25, 0.3) is 5.69 Å². The Morgan fingerprint density at radius 1 is 1.32 bits per heavy atom. The first kappa shape index (κ1) is 13.9. The van der Waals surface area contributed by atoms with Gasteiger partial charge in [-0.05, 0) is 35.0 Å². The van der Waals surface area contributed by atoms with Gasteiger partial charge in [-0.25, -0.2) is 4.68 Å². The molecule has 0 bridgehead atoms. The smallest absolute Gasteiger partial charge is 0.433 e. The Bertz CT molecular complexity index is 581. The molecule has 1 heterocycles. The number of alkyl halides is 3. The Labute approximate surface area is 116 Å². The molecule has 0 aliphatic rings. The highest BCUT2D eigenvalue weighted by molar-refractivity contribution is 9.10. The van der Waals surface area contributed by atoms with Crippen LogP contribution in [0.4, 0.5) is 13.2 Å². The topological polar surface area (TPSA) is 27.1 Å². The first-order valence-corrected chi connectivity index (χ1v) is 6.27. The average molecular weight is 335 g/mol. The van der Waals surface area contributed by atoms with Crippen molar-refractivity contribution in [1.82, 2.24) is 9.78 Å². The van der Waals surface area contributed by atoms with Crippen LogP contribution in [0, 0.1) is 0 Å². The largest absolute Gasteiger partial charge is 0.477 e. The highest BCUT2D eigenvalue weighted by Gasteiger charge is 2.37. The van der Waals surface area contributed by atoms with Gasteiger partial charge in [0.2, 0.25) is 5.88 Å². The van der Waals surface area contributed by atoms with Crippen molar-refractivity contribution in [2.75, 3.05) is 6.61 Å². The maximum atomic E-state index is 13.0. The molecule has 0 saturated heterocycles. The molecular weight excluding hydrogens is 325 g/mol. The van der Waals surface area contributed by atoms with Gasteiger partial charge in [0.25, 0.3) is 0 Å². The molecule has 19 heavy (non-hydrogen) atoms. The zero-order valence-electron chi connectivity index (χ0n) is 9.91. The van der Waals surface area contributed by atoms with Crippen molar-refractivity contribution < 1.29 is 17.9 Å². The lowest BCUT2D eigenvalue weighted by molar-refractivity contribution is -0.142. The van der Waals surface area contributed by atoms with E-state index in [-0.39, 0.29) is 12.5 Å². The Hall–Kier alpha value is -1.50. The van der Waals surface area contributed by atoms with Crippen LogP contribution >= 0.6 is 15.9 Å². The number of benzene rings is 1. The number of nitrogens with zero attached hydrogens (tertiary/aromatic N) is 2. The molecule has 0 atom stereocenters. The van der Waals surface area contributed by atoms with E-state index in [0.717, 1.165) is 10.7 Å². The lowest BCUT2D eigenvalue weighted by atomic mass is 10.3. The molecule has 7 heteroatoms. The number of hydrogen-bond donors (Lipinski definition) is 0. The fourth-order valence-corrected chi connectivity index (χ4v) is 2.04. The van der Waals surface area contributed by atoms with Crippen molar-refractivity contribution >= 4 is 15.9 Å². The monoisotopic (exact) mass is 334 g/mol. The molecule has 1 aromatic carbocycles. The van der Waals surface area contributed by atoms with E-state index >= 15 is 0 Å². The molecule has 1 aromatic heterocycles. The molecule has 0 aliphatic heterocycles. The van der Waals surface area contributed by atoms with E-state index < -0.39 is 11.9 Å². The maximum Gasteiger partial charge on any atom is 0.433 e. The minimum atomic E-state index is -4.50. The first-order chi connectivity index (χ1) is 8.93. The third-order valence-electron chi connectivity index (χ3n) is 2.35. The zero-order chi connectivity index (χ0) is 14.0. The Morgan fingerprint density at radius 2 is 2.00 bits per heavy atom. The molecule has 102 valence electrons. The van der Waals surface area contributed by atoms with Gasteiger partial charge >= 0.3 is 6.18 Å². The quantitative estimate of drug-likeness (QED) is 0.846. The molecule has 2 aromatic rings. The number of rotatable bonds is 3. The number of aromatic nitrogens is 2. The van der Waals surface area contributed by atoms with Crippen molar-refractivity contribution in [2.24, 2.45) is 0 Å². The minimum absolute atomic E-state index is 0.0504. The van der Waals surface area contributed by atoms with Gasteiger partial charge in [-0.3, -0.25) is 0 Å². The van der Waals surface area contributed by atoms with E-state index in [0.29, 0.717) is 10.2 Å². The maximum absolute atomic E-state index is 13.0. The second-order valence-corrected chi connectivity index (χ2v) is 4.52. The molecule has 2 rings (SSSR count).